The van der Waals surface area contributed by atoms with Gasteiger partial charge in [-0.3, -0.25) is 37.3 Å². The number of unbranched alkanes of at least 4 members (excludes halogenated alkanes) is 62. The Morgan fingerprint density at radius 2 is 0.377 bits per heavy atom. The molecule has 0 bridgehead atoms. The van der Waals surface area contributed by atoms with Crippen LogP contribution in [0.5, 0.6) is 0 Å². The second-order valence-corrected chi connectivity index (χ2v) is 34.2. The van der Waals surface area contributed by atoms with Gasteiger partial charge in [-0.1, -0.05) is 426 Å². The number of carbonyl (C=O) groups is 4. The van der Waals surface area contributed by atoms with Crippen molar-refractivity contribution in [2.45, 2.75) is 495 Å². The number of aliphatic hydroxyl groups is 1. The Bertz CT molecular complexity index is 2000. The van der Waals surface area contributed by atoms with Gasteiger partial charge in [-0.2, -0.15) is 0 Å². The monoisotopic (exact) mass is 1550 g/mol. The molecule has 630 valence electrons. The summed E-state index contributed by atoms with van der Waals surface area (Å²) in [5.41, 5.74) is 0. The van der Waals surface area contributed by atoms with E-state index in [1.165, 1.54) is 308 Å². The minimum absolute atomic E-state index is 0.109. The summed E-state index contributed by atoms with van der Waals surface area (Å²) in [5, 5.41) is 10.7. The highest BCUT2D eigenvalue weighted by atomic mass is 31.2. The number of hydrogen-bond donors (Lipinski definition) is 3. The number of esters is 4. The molecule has 0 aromatic rings. The molecule has 17 nitrogen and oxygen atoms in total. The number of phosphoric ester groups is 2. The third-order valence-electron chi connectivity index (χ3n) is 20.6. The average Bonchev–Trinajstić information content (AvgIpc) is 0.901. The highest BCUT2D eigenvalue weighted by molar-refractivity contribution is 7.47. The van der Waals surface area contributed by atoms with Crippen LogP contribution in [0.15, 0.2) is 0 Å². The zero-order chi connectivity index (χ0) is 77.4. The molecular weight excluding hydrogens is 1380 g/mol. The van der Waals surface area contributed by atoms with Crippen molar-refractivity contribution in [3.8, 4) is 0 Å². The molecule has 0 aromatic heterocycles. The van der Waals surface area contributed by atoms with Crippen LogP contribution in [0.25, 0.3) is 0 Å². The van der Waals surface area contributed by atoms with Crippen LogP contribution >= 0.6 is 15.6 Å². The molecule has 0 amide bonds. The summed E-state index contributed by atoms with van der Waals surface area (Å²) in [5.74, 6) is -2.09. The molecule has 0 aromatic carbocycles. The number of ether oxygens (including phenoxy) is 4. The van der Waals surface area contributed by atoms with E-state index in [4.69, 9.17) is 37.0 Å². The Balaban J connectivity index is 5.24. The van der Waals surface area contributed by atoms with E-state index in [0.717, 1.165) is 89.9 Å². The molecule has 0 fully saturated rings. The van der Waals surface area contributed by atoms with Crippen LogP contribution in [0.3, 0.4) is 0 Å². The maximum atomic E-state index is 13.2. The van der Waals surface area contributed by atoms with Crippen molar-refractivity contribution in [1.82, 2.24) is 0 Å². The zero-order valence-corrected chi connectivity index (χ0v) is 71.2. The molecule has 0 aliphatic heterocycles. The smallest absolute Gasteiger partial charge is 0.462 e. The van der Waals surface area contributed by atoms with Crippen molar-refractivity contribution >= 4 is 39.5 Å². The first-order chi connectivity index (χ1) is 51.7. The molecule has 106 heavy (non-hydrogen) atoms. The topological polar surface area (TPSA) is 237 Å². The minimum Gasteiger partial charge on any atom is -0.462 e. The van der Waals surface area contributed by atoms with E-state index in [-0.39, 0.29) is 25.7 Å². The lowest BCUT2D eigenvalue weighted by Gasteiger charge is -2.21. The summed E-state index contributed by atoms with van der Waals surface area (Å²) < 4.78 is 69.0. The Hall–Kier alpha value is -1.94. The molecule has 5 atom stereocenters. The largest absolute Gasteiger partial charge is 0.472 e. The van der Waals surface area contributed by atoms with Crippen LogP contribution < -0.4 is 0 Å². The first kappa shape index (κ1) is 104. The maximum absolute atomic E-state index is 13.2. The molecule has 0 rings (SSSR count). The number of hydrogen-bond acceptors (Lipinski definition) is 15. The fraction of sp³-hybridized carbons (Fsp3) is 0.954. The molecule has 0 aliphatic carbocycles. The molecular formula is C87H170O17P2. The van der Waals surface area contributed by atoms with Crippen molar-refractivity contribution < 1.29 is 80.2 Å². The van der Waals surface area contributed by atoms with E-state index in [9.17, 15) is 43.2 Å². The Morgan fingerprint density at radius 1 is 0.226 bits per heavy atom. The van der Waals surface area contributed by atoms with Crippen molar-refractivity contribution in [3.63, 3.8) is 0 Å². The van der Waals surface area contributed by atoms with E-state index >= 15 is 0 Å². The summed E-state index contributed by atoms with van der Waals surface area (Å²) in [6.45, 7) is 5.07. The first-order valence-corrected chi connectivity index (χ1v) is 48.3. The predicted octanol–water partition coefficient (Wildman–Crippen LogP) is 26.9. The fourth-order valence-corrected chi connectivity index (χ4v) is 15.3. The van der Waals surface area contributed by atoms with Gasteiger partial charge in [-0.15, -0.1) is 0 Å². The Morgan fingerprint density at radius 3 is 0.557 bits per heavy atom. The van der Waals surface area contributed by atoms with E-state index in [0.29, 0.717) is 25.7 Å². The molecule has 2 unspecified atom stereocenters. The Kier molecular flexibility index (Phi) is 79.6. The molecule has 0 saturated heterocycles. The van der Waals surface area contributed by atoms with Crippen LogP contribution in [0.4, 0.5) is 0 Å². The molecule has 3 N–H and O–H groups in total. The fourth-order valence-electron chi connectivity index (χ4n) is 13.7. The number of aliphatic hydroxyl groups excluding tert-OH is 1. The lowest BCUT2D eigenvalue weighted by atomic mass is 10.0. The second-order valence-electron chi connectivity index (χ2n) is 31.3. The predicted molar refractivity (Wildman–Crippen MR) is 437 cm³/mol. The van der Waals surface area contributed by atoms with Crippen LogP contribution in [0.2, 0.25) is 0 Å². The molecule has 0 aliphatic rings. The van der Waals surface area contributed by atoms with E-state index in [1.54, 1.807) is 0 Å². The van der Waals surface area contributed by atoms with Gasteiger partial charge in [0.2, 0.25) is 0 Å². The van der Waals surface area contributed by atoms with Gasteiger partial charge in [-0.05, 0) is 25.7 Å². The van der Waals surface area contributed by atoms with Crippen molar-refractivity contribution in [1.29, 1.82) is 0 Å². The summed E-state index contributed by atoms with van der Waals surface area (Å²) in [4.78, 5) is 73.3. The standard InChI is InChI=1S/C87H170O17P2/c1-5-9-13-17-21-25-29-33-36-38-40-41-42-44-46-50-54-58-62-66-70-74-87(92)104-83(78-98-85(90)72-68-64-60-56-52-49-45-43-39-37-34-30-26-22-18-14-10-6-2)80-102-106(95,96)100-76-81(88)75-99-105(93,94)101-79-82(77-97-84(89)71-67-63-59-55-51-47-32-28-24-20-16-12-8-4)103-86(91)73-69-65-61-57-53-48-35-31-27-23-19-15-11-7-3/h81-83,88H,5-80H2,1-4H3,(H,93,94)(H,95,96)/t81-,82+,83+/m0/s1. The highest BCUT2D eigenvalue weighted by Crippen LogP contribution is 2.45. The summed E-state index contributed by atoms with van der Waals surface area (Å²) in [6.07, 6.45) is 76.3. The first-order valence-electron chi connectivity index (χ1n) is 45.3. The lowest BCUT2D eigenvalue weighted by molar-refractivity contribution is -0.161. The van der Waals surface area contributed by atoms with Crippen molar-refractivity contribution in [2.75, 3.05) is 39.6 Å². The third-order valence-corrected chi connectivity index (χ3v) is 22.5. The van der Waals surface area contributed by atoms with E-state index in [1.807, 2.05) is 0 Å². The quantitative estimate of drug-likeness (QED) is 0.0222. The van der Waals surface area contributed by atoms with Crippen LogP contribution in [-0.2, 0) is 65.4 Å². The van der Waals surface area contributed by atoms with Gasteiger partial charge in [0.15, 0.2) is 12.2 Å². The number of carbonyl (C=O) groups excluding carboxylic acids is 4. The third kappa shape index (κ3) is 80.1. The molecule has 0 spiro atoms. The lowest BCUT2D eigenvalue weighted by Crippen LogP contribution is -2.30. The Labute approximate surface area is 651 Å². The minimum atomic E-state index is -4.97. The SMILES string of the molecule is CCCCCCCCCCCCCCCCCCCCCCCC(=O)O[C@H](COC(=O)CCCCCCCCCCCCCCCCCCCC)COP(=O)(O)OC[C@@H](O)COP(=O)(O)OC[C@@H](COC(=O)CCCCCCCCCCCCCCC)OC(=O)CCCCCCCCCCCCCCCC. The normalized spacial score (nSPS) is 13.7. The van der Waals surface area contributed by atoms with Gasteiger partial charge in [0.25, 0.3) is 0 Å². The van der Waals surface area contributed by atoms with Crippen LogP contribution in [0, 0.1) is 0 Å². The van der Waals surface area contributed by atoms with Gasteiger partial charge in [0.1, 0.15) is 19.3 Å². The van der Waals surface area contributed by atoms with Crippen molar-refractivity contribution in [3.05, 3.63) is 0 Å². The highest BCUT2D eigenvalue weighted by Gasteiger charge is 2.30. The van der Waals surface area contributed by atoms with E-state index in [2.05, 4.69) is 27.7 Å². The van der Waals surface area contributed by atoms with Gasteiger partial charge in [0, 0.05) is 25.7 Å². The molecule has 0 heterocycles. The van der Waals surface area contributed by atoms with Gasteiger partial charge < -0.3 is 33.8 Å². The maximum Gasteiger partial charge on any atom is 0.472 e. The second kappa shape index (κ2) is 81.1. The number of rotatable bonds is 88. The summed E-state index contributed by atoms with van der Waals surface area (Å²) in [7, 11) is -9.93. The summed E-state index contributed by atoms with van der Waals surface area (Å²) >= 11 is 0. The zero-order valence-electron chi connectivity index (χ0n) is 69.4. The molecule has 19 heteroatoms. The average molecular weight is 1550 g/mol. The molecule has 0 saturated carbocycles. The van der Waals surface area contributed by atoms with Crippen LogP contribution in [0.1, 0.15) is 477 Å². The van der Waals surface area contributed by atoms with Crippen molar-refractivity contribution in [2.24, 2.45) is 0 Å². The van der Waals surface area contributed by atoms with Gasteiger partial charge >= 0.3 is 39.5 Å². The summed E-state index contributed by atoms with van der Waals surface area (Å²) in [6, 6.07) is 0. The van der Waals surface area contributed by atoms with Crippen LogP contribution in [-0.4, -0.2) is 96.7 Å². The van der Waals surface area contributed by atoms with E-state index < -0.39 is 97.5 Å². The van der Waals surface area contributed by atoms with Gasteiger partial charge in [-0.25, -0.2) is 9.13 Å². The van der Waals surface area contributed by atoms with Gasteiger partial charge in [0.05, 0.1) is 26.4 Å². The number of phosphoric acid groups is 2. The molecule has 0 radical (unpaired) electrons.